The van der Waals surface area contributed by atoms with Gasteiger partial charge in [-0.15, -0.1) is 0 Å². The molecule has 0 saturated carbocycles. The standard InChI is InChI=1S/C11H11NOS/c13-10-9-6-11(14-10,7-12-9)8-4-2-1-3-5-8/h1-5,9,12H,6-7H2. The van der Waals surface area contributed by atoms with E-state index in [-0.39, 0.29) is 10.8 Å². The number of fused-ring (bicyclic) bond motifs is 2. The predicted molar refractivity (Wildman–Crippen MR) is 57.1 cm³/mol. The Bertz CT molecular complexity index is 378. The van der Waals surface area contributed by atoms with Gasteiger partial charge in [0.25, 0.3) is 0 Å². The van der Waals surface area contributed by atoms with Crippen LogP contribution in [0.25, 0.3) is 0 Å². The predicted octanol–water partition coefficient (Wildman–Crippen LogP) is 1.52. The molecule has 2 saturated heterocycles. The Morgan fingerprint density at radius 1 is 1.36 bits per heavy atom. The van der Waals surface area contributed by atoms with E-state index in [2.05, 4.69) is 17.4 Å². The van der Waals surface area contributed by atoms with Gasteiger partial charge in [0.15, 0.2) is 0 Å². The second kappa shape index (κ2) is 2.84. The summed E-state index contributed by atoms with van der Waals surface area (Å²) in [6, 6.07) is 10.4. The molecular weight excluding hydrogens is 194 g/mol. The van der Waals surface area contributed by atoms with E-state index < -0.39 is 0 Å². The number of nitrogens with one attached hydrogen (secondary N) is 1. The molecule has 2 heterocycles. The van der Waals surface area contributed by atoms with Crippen molar-refractivity contribution in [2.24, 2.45) is 0 Å². The molecule has 0 spiro atoms. The highest BCUT2D eigenvalue weighted by atomic mass is 32.2. The molecular formula is C11H11NOS. The summed E-state index contributed by atoms with van der Waals surface area (Å²) >= 11 is 1.51. The van der Waals surface area contributed by atoms with Crippen molar-refractivity contribution in [3.63, 3.8) is 0 Å². The van der Waals surface area contributed by atoms with Gasteiger partial charge in [-0.25, -0.2) is 0 Å². The van der Waals surface area contributed by atoms with Crippen molar-refractivity contribution in [1.29, 1.82) is 0 Å². The van der Waals surface area contributed by atoms with Gasteiger partial charge in [0, 0.05) is 6.54 Å². The third kappa shape index (κ3) is 1.06. The third-order valence-electron chi connectivity index (χ3n) is 3.05. The molecule has 2 bridgehead atoms. The maximum Gasteiger partial charge on any atom is 0.206 e. The van der Waals surface area contributed by atoms with Crippen molar-refractivity contribution in [2.75, 3.05) is 6.54 Å². The van der Waals surface area contributed by atoms with Gasteiger partial charge < -0.3 is 5.32 Å². The van der Waals surface area contributed by atoms with E-state index >= 15 is 0 Å². The number of carbonyl (C=O) groups excluding carboxylic acids is 1. The highest BCUT2D eigenvalue weighted by Crippen LogP contribution is 2.50. The van der Waals surface area contributed by atoms with Gasteiger partial charge in [0.05, 0.1) is 10.8 Å². The second-order valence-electron chi connectivity index (χ2n) is 3.92. The van der Waals surface area contributed by atoms with Crippen LogP contribution >= 0.6 is 11.8 Å². The van der Waals surface area contributed by atoms with E-state index in [0.29, 0.717) is 5.12 Å². The third-order valence-corrected chi connectivity index (χ3v) is 4.47. The first-order chi connectivity index (χ1) is 6.80. The molecule has 2 nitrogen and oxygen atoms in total. The Kier molecular flexibility index (Phi) is 1.73. The van der Waals surface area contributed by atoms with Crippen molar-refractivity contribution < 1.29 is 4.79 Å². The molecule has 2 atom stereocenters. The average molecular weight is 205 g/mol. The fraction of sp³-hybridized carbons (Fsp3) is 0.364. The van der Waals surface area contributed by atoms with Gasteiger partial charge in [-0.1, -0.05) is 42.1 Å². The zero-order valence-corrected chi connectivity index (χ0v) is 8.51. The fourth-order valence-corrected chi connectivity index (χ4v) is 3.64. The van der Waals surface area contributed by atoms with Crippen molar-refractivity contribution in [3.05, 3.63) is 35.9 Å². The number of carbonyl (C=O) groups is 1. The Labute approximate surface area is 87.1 Å². The largest absolute Gasteiger partial charge is 0.305 e. The summed E-state index contributed by atoms with van der Waals surface area (Å²) < 4.78 is 0.0308. The minimum atomic E-state index is 0.0308. The highest BCUT2D eigenvalue weighted by Gasteiger charge is 2.51. The topological polar surface area (TPSA) is 29.1 Å². The van der Waals surface area contributed by atoms with E-state index in [9.17, 15) is 4.79 Å². The summed E-state index contributed by atoms with van der Waals surface area (Å²) in [5.41, 5.74) is 1.28. The summed E-state index contributed by atoms with van der Waals surface area (Å²) in [4.78, 5) is 11.5. The summed E-state index contributed by atoms with van der Waals surface area (Å²) in [5.74, 6) is 0. The first-order valence-electron chi connectivity index (χ1n) is 4.82. The van der Waals surface area contributed by atoms with E-state index in [0.717, 1.165) is 13.0 Å². The van der Waals surface area contributed by atoms with Crippen molar-refractivity contribution in [1.82, 2.24) is 5.32 Å². The van der Waals surface area contributed by atoms with Crippen LogP contribution in [0.4, 0.5) is 0 Å². The van der Waals surface area contributed by atoms with Gasteiger partial charge >= 0.3 is 0 Å². The van der Waals surface area contributed by atoms with Crippen LogP contribution in [0.3, 0.4) is 0 Å². The minimum absolute atomic E-state index is 0.0308. The summed E-state index contributed by atoms with van der Waals surface area (Å²) in [6.45, 7) is 0.929. The van der Waals surface area contributed by atoms with E-state index in [1.54, 1.807) is 0 Å². The zero-order valence-electron chi connectivity index (χ0n) is 7.69. The Morgan fingerprint density at radius 2 is 2.14 bits per heavy atom. The summed E-state index contributed by atoms with van der Waals surface area (Å²) in [5, 5.41) is 3.58. The monoisotopic (exact) mass is 205 g/mol. The van der Waals surface area contributed by atoms with Crippen molar-refractivity contribution >= 4 is 16.9 Å². The minimum Gasteiger partial charge on any atom is -0.305 e. The van der Waals surface area contributed by atoms with Crippen LogP contribution in [0, 0.1) is 0 Å². The molecule has 1 aromatic carbocycles. The Hall–Kier alpha value is -0.800. The van der Waals surface area contributed by atoms with Crippen LogP contribution in [-0.4, -0.2) is 17.7 Å². The van der Waals surface area contributed by atoms with E-state index in [1.807, 2.05) is 18.2 Å². The smallest absolute Gasteiger partial charge is 0.206 e. The molecule has 0 aromatic heterocycles. The molecule has 1 N–H and O–H groups in total. The zero-order chi connectivity index (χ0) is 9.60. The maximum atomic E-state index is 11.5. The van der Waals surface area contributed by atoms with Crippen LogP contribution in [0.5, 0.6) is 0 Å². The lowest BCUT2D eigenvalue weighted by Gasteiger charge is -2.24. The van der Waals surface area contributed by atoms with E-state index in [4.69, 9.17) is 0 Å². The van der Waals surface area contributed by atoms with Gasteiger partial charge in [-0.2, -0.15) is 0 Å². The number of benzene rings is 1. The molecule has 3 heteroatoms. The molecule has 0 radical (unpaired) electrons. The normalized spacial score (nSPS) is 35.1. The van der Waals surface area contributed by atoms with Crippen molar-refractivity contribution in [2.45, 2.75) is 17.2 Å². The highest BCUT2D eigenvalue weighted by molar-refractivity contribution is 8.15. The van der Waals surface area contributed by atoms with Crippen LogP contribution in [0.15, 0.2) is 30.3 Å². The van der Waals surface area contributed by atoms with Crippen molar-refractivity contribution in [3.8, 4) is 0 Å². The van der Waals surface area contributed by atoms with Gasteiger partial charge in [-0.3, -0.25) is 4.79 Å². The molecule has 3 rings (SSSR count). The molecule has 2 aliphatic heterocycles. The molecule has 2 fully saturated rings. The number of hydrogen-bond acceptors (Lipinski definition) is 3. The summed E-state index contributed by atoms with van der Waals surface area (Å²) in [6.07, 6.45) is 0.959. The fourth-order valence-electron chi connectivity index (χ4n) is 2.29. The van der Waals surface area contributed by atoms with Gasteiger partial charge in [-0.05, 0) is 12.0 Å². The first-order valence-corrected chi connectivity index (χ1v) is 5.64. The first kappa shape index (κ1) is 8.50. The van der Waals surface area contributed by atoms with Crippen LogP contribution < -0.4 is 5.32 Å². The van der Waals surface area contributed by atoms with Gasteiger partial charge in [0.1, 0.15) is 0 Å². The Morgan fingerprint density at radius 3 is 2.71 bits per heavy atom. The quantitative estimate of drug-likeness (QED) is 0.753. The lowest BCUT2D eigenvalue weighted by Crippen LogP contribution is -2.34. The Balaban J connectivity index is 2.03. The number of thioether (sulfide) groups is 1. The molecule has 2 unspecified atom stereocenters. The molecule has 14 heavy (non-hydrogen) atoms. The summed E-state index contributed by atoms with van der Waals surface area (Å²) in [7, 11) is 0. The number of hydrogen-bond donors (Lipinski definition) is 1. The maximum absolute atomic E-state index is 11.5. The lowest BCUT2D eigenvalue weighted by atomic mass is 9.96. The van der Waals surface area contributed by atoms with Crippen LogP contribution in [0.2, 0.25) is 0 Å². The average Bonchev–Trinajstić information content (AvgIpc) is 2.77. The molecule has 0 amide bonds. The number of rotatable bonds is 1. The SMILES string of the molecule is O=C1SC2(c3ccccc3)CNC1C2. The lowest BCUT2D eigenvalue weighted by molar-refractivity contribution is -0.112. The molecule has 0 aliphatic carbocycles. The van der Waals surface area contributed by atoms with Crippen LogP contribution in [-0.2, 0) is 9.54 Å². The van der Waals surface area contributed by atoms with Gasteiger partial charge in [0.2, 0.25) is 5.12 Å². The molecule has 2 aliphatic rings. The molecule has 72 valence electrons. The second-order valence-corrected chi connectivity index (χ2v) is 5.31. The van der Waals surface area contributed by atoms with Crippen LogP contribution in [0.1, 0.15) is 12.0 Å². The molecule has 1 aromatic rings. The van der Waals surface area contributed by atoms with E-state index in [1.165, 1.54) is 17.3 Å².